The van der Waals surface area contributed by atoms with Crippen LogP contribution in [0.2, 0.25) is 0 Å². The number of carboxylic acids is 1. The summed E-state index contributed by atoms with van der Waals surface area (Å²) in [5.74, 6) is -1.95. The Morgan fingerprint density at radius 1 is 1.05 bits per heavy atom. The monoisotopic (exact) mass is 292 g/mol. The highest BCUT2D eigenvalue weighted by molar-refractivity contribution is 6.00. The molecule has 0 heterocycles. The van der Waals surface area contributed by atoms with Crippen LogP contribution < -0.4 is 0 Å². The number of carboxylic acid groups (broad SMARTS) is 1. The third kappa shape index (κ3) is 2.15. The fraction of sp³-hybridized carbons (Fsp3) is 0.158. The van der Waals surface area contributed by atoms with E-state index in [1.807, 2.05) is 54.6 Å². The second-order valence-electron chi connectivity index (χ2n) is 5.51. The highest BCUT2D eigenvalue weighted by atomic mass is 16.4. The van der Waals surface area contributed by atoms with Crippen molar-refractivity contribution in [3.8, 4) is 0 Å². The van der Waals surface area contributed by atoms with Crippen LogP contribution in [-0.4, -0.2) is 17.4 Å². The SMILES string of the molecule is CC1C(C=O)=C(c2ccccc2)c2ccccc2C1C(=O)O. The molecule has 0 bridgehead atoms. The van der Waals surface area contributed by atoms with E-state index in [-0.39, 0.29) is 5.92 Å². The molecule has 1 aliphatic rings. The summed E-state index contributed by atoms with van der Waals surface area (Å²) in [5, 5.41) is 9.59. The normalized spacial score (nSPS) is 20.4. The Morgan fingerprint density at radius 2 is 1.68 bits per heavy atom. The third-order valence-electron chi connectivity index (χ3n) is 4.30. The van der Waals surface area contributed by atoms with E-state index in [2.05, 4.69) is 0 Å². The van der Waals surface area contributed by atoms with Gasteiger partial charge in [0.15, 0.2) is 0 Å². The minimum atomic E-state index is -0.897. The Bertz CT molecular complexity index is 759. The van der Waals surface area contributed by atoms with Gasteiger partial charge in [0, 0.05) is 11.5 Å². The maximum Gasteiger partial charge on any atom is 0.311 e. The van der Waals surface area contributed by atoms with Crippen LogP contribution in [-0.2, 0) is 9.59 Å². The Labute approximate surface area is 128 Å². The minimum Gasteiger partial charge on any atom is -0.481 e. The van der Waals surface area contributed by atoms with Gasteiger partial charge in [-0.15, -0.1) is 0 Å². The van der Waals surface area contributed by atoms with Gasteiger partial charge in [-0.3, -0.25) is 9.59 Å². The maximum absolute atomic E-state index is 11.7. The van der Waals surface area contributed by atoms with E-state index in [1.54, 1.807) is 6.92 Å². The van der Waals surface area contributed by atoms with Crippen molar-refractivity contribution in [3.63, 3.8) is 0 Å². The summed E-state index contributed by atoms with van der Waals surface area (Å²) in [6, 6.07) is 17.1. The average molecular weight is 292 g/mol. The molecule has 1 aliphatic carbocycles. The second kappa shape index (κ2) is 5.60. The van der Waals surface area contributed by atoms with Gasteiger partial charge in [0.1, 0.15) is 6.29 Å². The van der Waals surface area contributed by atoms with E-state index in [9.17, 15) is 14.7 Å². The van der Waals surface area contributed by atoms with E-state index >= 15 is 0 Å². The van der Waals surface area contributed by atoms with E-state index in [0.29, 0.717) is 5.57 Å². The molecule has 3 rings (SSSR count). The molecule has 2 unspecified atom stereocenters. The summed E-state index contributed by atoms with van der Waals surface area (Å²) in [4.78, 5) is 23.4. The standard InChI is InChI=1S/C19H16O3/c1-12-16(11-20)18(13-7-3-2-4-8-13)15-10-6-5-9-14(15)17(12)19(21)22/h2-12,17H,1H3,(H,21,22). The van der Waals surface area contributed by atoms with Crippen molar-refractivity contribution in [2.45, 2.75) is 12.8 Å². The van der Waals surface area contributed by atoms with Crippen molar-refractivity contribution in [1.29, 1.82) is 0 Å². The molecule has 3 heteroatoms. The summed E-state index contributed by atoms with van der Waals surface area (Å²) in [6.07, 6.45) is 0.804. The van der Waals surface area contributed by atoms with Crippen molar-refractivity contribution >= 4 is 17.8 Å². The number of benzene rings is 2. The van der Waals surface area contributed by atoms with Gasteiger partial charge in [0.2, 0.25) is 0 Å². The van der Waals surface area contributed by atoms with Crippen molar-refractivity contribution in [3.05, 3.63) is 76.9 Å². The highest BCUT2D eigenvalue weighted by Crippen LogP contribution is 2.44. The van der Waals surface area contributed by atoms with Gasteiger partial charge in [-0.2, -0.15) is 0 Å². The first kappa shape index (κ1) is 14.3. The molecular formula is C19H16O3. The number of carbonyl (C=O) groups is 2. The van der Waals surface area contributed by atoms with Gasteiger partial charge < -0.3 is 5.11 Å². The first-order valence-electron chi connectivity index (χ1n) is 7.22. The fourth-order valence-corrected chi connectivity index (χ4v) is 3.27. The van der Waals surface area contributed by atoms with Gasteiger partial charge in [-0.25, -0.2) is 0 Å². The van der Waals surface area contributed by atoms with E-state index in [1.165, 1.54) is 0 Å². The van der Waals surface area contributed by atoms with E-state index in [4.69, 9.17) is 0 Å². The molecule has 0 aromatic heterocycles. The summed E-state index contributed by atoms with van der Waals surface area (Å²) < 4.78 is 0. The molecule has 22 heavy (non-hydrogen) atoms. The third-order valence-corrected chi connectivity index (χ3v) is 4.30. The number of aldehydes is 1. The topological polar surface area (TPSA) is 54.4 Å². The predicted octanol–water partition coefficient (Wildman–Crippen LogP) is 3.51. The molecule has 2 aromatic rings. The Hall–Kier alpha value is -2.68. The average Bonchev–Trinajstić information content (AvgIpc) is 2.54. The molecule has 0 fully saturated rings. The summed E-state index contributed by atoms with van der Waals surface area (Å²) in [7, 11) is 0. The molecule has 2 aromatic carbocycles. The summed E-state index contributed by atoms with van der Waals surface area (Å²) >= 11 is 0. The van der Waals surface area contributed by atoms with Crippen LogP contribution in [0.5, 0.6) is 0 Å². The van der Waals surface area contributed by atoms with Crippen LogP contribution in [0.15, 0.2) is 60.2 Å². The zero-order valence-corrected chi connectivity index (χ0v) is 12.2. The fourth-order valence-electron chi connectivity index (χ4n) is 3.27. The van der Waals surface area contributed by atoms with Gasteiger partial charge in [0.05, 0.1) is 5.92 Å². The molecule has 1 N–H and O–H groups in total. The van der Waals surface area contributed by atoms with E-state index in [0.717, 1.165) is 28.5 Å². The van der Waals surface area contributed by atoms with Crippen molar-refractivity contribution < 1.29 is 14.7 Å². The molecule has 3 nitrogen and oxygen atoms in total. The Morgan fingerprint density at radius 3 is 2.32 bits per heavy atom. The number of hydrogen-bond donors (Lipinski definition) is 1. The Kier molecular flexibility index (Phi) is 3.63. The molecule has 0 aliphatic heterocycles. The van der Waals surface area contributed by atoms with Crippen LogP contribution in [0.1, 0.15) is 29.5 Å². The lowest BCUT2D eigenvalue weighted by Crippen LogP contribution is -2.27. The van der Waals surface area contributed by atoms with Crippen molar-refractivity contribution in [2.75, 3.05) is 0 Å². The molecule has 0 radical (unpaired) electrons. The lowest BCUT2D eigenvalue weighted by Gasteiger charge is -2.31. The summed E-state index contributed by atoms with van der Waals surface area (Å²) in [6.45, 7) is 1.81. The number of aliphatic carboxylic acids is 1. The zero-order chi connectivity index (χ0) is 15.7. The van der Waals surface area contributed by atoms with Gasteiger partial charge in [-0.05, 0) is 22.3 Å². The molecule has 0 saturated heterocycles. The largest absolute Gasteiger partial charge is 0.481 e. The van der Waals surface area contributed by atoms with Crippen LogP contribution in [0.25, 0.3) is 5.57 Å². The van der Waals surface area contributed by atoms with Crippen LogP contribution in [0.3, 0.4) is 0 Å². The first-order valence-corrected chi connectivity index (χ1v) is 7.22. The lowest BCUT2D eigenvalue weighted by molar-refractivity contribution is -0.139. The quantitative estimate of drug-likeness (QED) is 0.881. The van der Waals surface area contributed by atoms with Crippen molar-refractivity contribution in [2.24, 2.45) is 5.92 Å². The van der Waals surface area contributed by atoms with Crippen LogP contribution in [0, 0.1) is 5.92 Å². The summed E-state index contributed by atoms with van der Waals surface area (Å²) in [5.41, 5.74) is 3.94. The molecule has 0 amide bonds. The number of carbonyl (C=O) groups excluding carboxylic acids is 1. The molecule has 0 saturated carbocycles. The minimum absolute atomic E-state index is 0.361. The van der Waals surface area contributed by atoms with Gasteiger partial charge in [0.25, 0.3) is 0 Å². The smallest absolute Gasteiger partial charge is 0.311 e. The number of hydrogen-bond acceptors (Lipinski definition) is 2. The number of fused-ring (bicyclic) bond motifs is 1. The number of allylic oxidation sites excluding steroid dienone is 1. The number of rotatable bonds is 3. The van der Waals surface area contributed by atoms with E-state index < -0.39 is 11.9 Å². The van der Waals surface area contributed by atoms with Crippen LogP contribution >= 0.6 is 0 Å². The lowest BCUT2D eigenvalue weighted by atomic mass is 9.71. The van der Waals surface area contributed by atoms with Gasteiger partial charge >= 0.3 is 5.97 Å². The molecule has 2 atom stereocenters. The predicted molar refractivity (Wildman–Crippen MR) is 84.5 cm³/mol. The molecule has 110 valence electrons. The Balaban J connectivity index is 2.33. The highest BCUT2D eigenvalue weighted by Gasteiger charge is 2.37. The zero-order valence-electron chi connectivity index (χ0n) is 12.2. The van der Waals surface area contributed by atoms with Crippen LogP contribution in [0.4, 0.5) is 0 Å². The second-order valence-corrected chi connectivity index (χ2v) is 5.51. The van der Waals surface area contributed by atoms with Crippen molar-refractivity contribution in [1.82, 2.24) is 0 Å². The first-order chi connectivity index (χ1) is 10.6. The van der Waals surface area contributed by atoms with Gasteiger partial charge in [-0.1, -0.05) is 61.5 Å². The maximum atomic E-state index is 11.7. The molecule has 0 spiro atoms. The molecular weight excluding hydrogens is 276 g/mol.